The Morgan fingerprint density at radius 1 is 1.23 bits per heavy atom. The van der Waals surface area contributed by atoms with Crippen LogP contribution in [0.25, 0.3) is 10.9 Å². The molecule has 1 amide bonds. The van der Waals surface area contributed by atoms with Gasteiger partial charge in [0, 0.05) is 17.4 Å². The lowest BCUT2D eigenvalue weighted by Crippen LogP contribution is -2.43. The fraction of sp³-hybridized carbons (Fsp3) is 0.476. The van der Waals surface area contributed by atoms with Gasteiger partial charge >= 0.3 is 11.9 Å². The van der Waals surface area contributed by atoms with Crippen molar-refractivity contribution in [1.29, 1.82) is 0 Å². The van der Waals surface area contributed by atoms with Gasteiger partial charge in [0.2, 0.25) is 5.91 Å². The summed E-state index contributed by atoms with van der Waals surface area (Å²) in [5.41, 5.74) is 0.760. The number of aromatic nitrogens is 1. The Morgan fingerprint density at radius 3 is 2.73 bits per heavy atom. The summed E-state index contributed by atoms with van der Waals surface area (Å²) in [6.45, 7) is 5.07. The number of hydrogen-bond acceptors (Lipinski definition) is 6. The summed E-state index contributed by atoms with van der Waals surface area (Å²) in [5.74, 6) is -2.00. The highest BCUT2D eigenvalue weighted by molar-refractivity contribution is 6.11. The van der Waals surface area contributed by atoms with Crippen molar-refractivity contribution in [2.24, 2.45) is 5.92 Å². The molecule has 9 heteroatoms. The van der Waals surface area contributed by atoms with E-state index in [4.69, 9.17) is 9.47 Å². The molecule has 0 aliphatic carbocycles. The average Bonchev–Trinajstić information content (AvgIpc) is 3.06. The second-order valence-electron chi connectivity index (χ2n) is 7.16. The molecule has 0 radical (unpaired) electrons. The number of esters is 2. The predicted octanol–water partition coefficient (Wildman–Crippen LogP) is 2.70. The quantitative estimate of drug-likeness (QED) is 0.670. The Kier molecular flexibility index (Phi) is 7.04. The number of carbonyl (C=O) groups excluding carboxylic acids is 3. The van der Waals surface area contributed by atoms with E-state index in [9.17, 15) is 18.8 Å². The predicted molar refractivity (Wildman–Crippen MR) is 109 cm³/mol. The van der Waals surface area contributed by atoms with Gasteiger partial charge in [-0.2, -0.15) is 0 Å². The molecule has 1 aliphatic heterocycles. The average molecular weight is 419 g/mol. The smallest absolute Gasteiger partial charge is 0.356 e. The monoisotopic (exact) mass is 419 g/mol. The summed E-state index contributed by atoms with van der Waals surface area (Å²) >= 11 is 0. The first-order chi connectivity index (χ1) is 14.4. The van der Waals surface area contributed by atoms with E-state index in [1.807, 2.05) is 4.90 Å². The van der Waals surface area contributed by atoms with Crippen LogP contribution in [-0.2, 0) is 19.1 Å². The Hall–Kier alpha value is -2.94. The number of nitrogens with zero attached hydrogens (tertiary/aromatic N) is 1. The van der Waals surface area contributed by atoms with Crippen molar-refractivity contribution in [2.75, 3.05) is 38.2 Å². The van der Waals surface area contributed by atoms with E-state index in [1.54, 1.807) is 13.8 Å². The Bertz CT molecular complexity index is 942. The molecule has 1 aliphatic rings. The number of H-pyrrole nitrogens is 1. The molecule has 0 spiro atoms. The van der Waals surface area contributed by atoms with Crippen molar-refractivity contribution >= 4 is 34.4 Å². The zero-order valence-electron chi connectivity index (χ0n) is 17.1. The lowest BCUT2D eigenvalue weighted by molar-refractivity contribution is -0.150. The van der Waals surface area contributed by atoms with Gasteiger partial charge in [-0.25, -0.2) is 9.18 Å². The number of likely N-dealkylation sites (tertiary alicyclic amines) is 1. The molecule has 1 fully saturated rings. The summed E-state index contributed by atoms with van der Waals surface area (Å²) in [6.07, 6.45) is 1.51. The number of hydrogen-bond donors (Lipinski definition) is 2. The van der Waals surface area contributed by atoms with E-state index < -0.39 is 11.8 Å². The molecular formula is C21H26FN3O5. The number of halogens is 1. The largest absolute Gasteiger partial charge is 0.466 e. The van der Waals surface area contributed by atoms with Crippen LogP contribution in [0.15, 0.2) is 18.2 Å². The molecule has 8 nitrogen and oxygen atoms in total. The molecule has 2 N–H and O–H groups in total. The van der Waals surface area contributed by atoms with Crippen LogP contribution >= 0.6 is 0 Å². The number of ether oxygens (including phenoxy) is 2. The molecule has 1 unspecified atom stereocenters. The van der Waals surface area contributed by atoms with Crippen LogP contribution in [0, 0.1) is 11.7 Å². The van der Waals surface area contributed by atoms with Gasteiger partial charge in [-0.1, -0.05) is 0 Å². The third-order valence-electron chi connectivity index (χ3n) is 5.00. The van der Waals surface area contributed by atoms with Crippen LogP contribution in [0.4, 0.5) is 10.1 Å². The van der Waals surface area contributed by atoms with Gasteiger partial charge in [-0.3, -0.25) is 14.5 Å². The zero-order valence-corrected chi connectivity index (χ0v) is 17.1. The second kappa shape index (κ2) is 9.71. The summed E-state index contributed by atoms with van der Waals surface area (Å²) in [7, 11) is 0. The molecule has 1 saturated heterocycles. The van der Waals surface area contributed by atoms with E-state index in [0.717, 1.165) is 12.8 Å². The van der Waals surface area contributed by atoms with Gasteiger partial charge < -0.3 is 19.8 Å². The van der Waals surface area contributed by atoms with Crippen molar-refractivity contribution in [3.63, 3.8) is 0 Å². The van der Waals surface area contributed by atoms with Crippen LogP contribution in [0.5, 0.6) is 0 Å². The molecule has 2 heterocycles. The molecule has 2 aromatic rings. The van der Waals surface area contributed by atoms with Gasteiger partial charge in [0.05, 0.1) is 31.4 Å². The van der Waals surface area contributed by atoms with E-state index >= 15 is 0 Å². The van der Waals surface area contributed by atoms with E-state index in [2.05, 4.69) is 10.3 Å². The van der Waals surface area contributed by atoms with E-state index in [-0.39, 0.29) is 42.3 Å². The number of benzene rings is 1. The number of anilines is 1. The van der Waals surface area contributed by atoms with Gasteiger partial charge in [0.15, 0.2) is 0 Å². The number of carbonyl (C=O) groups is 3. The maximum Gasteiger partial charge on any atom is 0.356 e. The Morgan fingerprint density at radius 2 is 2.00 bits per heavy atom. The van der Waals surface area contributed by atoms with Gasteiger partial charge in [0.1, 0.15) is 11.5 Å². The van der Waals surface area contributed by atoms with Crippen LogP contribution in [0.2, 0.25) is 0 Å². The molecule has 1 atom stereocenters. The first-order valence-corrected chi connectivity index (χ1v) is 10.1. The number of fused-ring (bicyclic) bond motifs is 1. The topological polar surface area (TPSA) is 101 Å². The van der Waals surface area contributed by atoms with Crippen molar-refractivity contribution < 1.29 is 28.2 Å². The van der Waals surface area contributed by atoms with Crippen LogP contribution in [0.1, 0.15) is 37.2 Å². The molecule has 30 heavy (non-hydrogen) atoms. The molecule has 3 rings (SSSR count). The molecule has 162 valence electrons. The van der Waals surface area contributed by atoms with Crippen LogP contribution in [-0.4, -0.2) is 60.6 Å². The number of nitrogens with one attached hydrogen (secondary N) is 2. The highest BCUT2D eigenvalue weighted by atomic mass is 19.1. The summed E-state index contributed by atoms with van der Waals surface area (Å²) < 4.78 is 23.9. The van der Waals surface area contributed by atoms with Crippen LogP contribution in [0.3, 0.4) is 0 Å². The fourth-order valence-electron chi connectivity index (χ4n) is 3.68. The van der Waals surface area contributed by atoms with Crippen molar-refractivity contribution in [3.8, 4) is 0 Å². The Balaban J connectivity index is 1.75. The first kappa shape index (κ1) is 21.8. The maximum atomic E-state index is 13.8. The highest BCUT2D eigenvalue weighted by Gasteiger charge is 2.28. The zero-order chi connectivity index (χ0) is 21.7. The lowest BCUT2D eigenvalue weighted by Gasteiger charge is -2.30. The number of aromatic amines is 1. The van der Waals surface area contributed by atoms with E-state index in [1.165, 1.54) is 18.2 Å². The van der Waals surface area contributed by atoms with Crippen LogP contribution < -0.4 is 5.32 Å². The summed E-state index contributed by atoms with van der Waals surface area (Å²) in [4.78, 5) is 41.8. The van der Waals surface area contributed by atoms with Crippen molar-refractivity contribution in [2.45, 2.75) is 26.7 Å². The minimum Gasteiger partial charge on any atom is -0.466 e. The minimum absolute atomic E-state index is 0.0418. The fourth-order valence-corrected chi connectivity index (χ4v) is 3.68. The van der Waals surface area contributed by atoms with Crippen molar-refractivity contribution in [3.05, 3.63) is 29.7 Å². The maximum absolute atomic E-state index is 13.8. The normalized spacial score (nSPS) is 17.0. The molecule has 1 aromatic heterocycles. The second-order valence-corrected chi connectivity index (χ2v) is 7.16. The lowest BCUT2D eigenvalue weighted by atomic mass is 9.98. The summed E-state index contributed by atoms with van der Waals surface area (Å²) in [6, 6.07) is 4.02. The number of piperidine rings is 1. The molecule has 0 bridgehead atoms. The standard InChI is InChI=1S/C21H26FN3O5/c1-3-29-20(27)13-6-5-9-25(11-13)12-17(26)24-18-15-10-14(22)7-8-16(15)23-19(18)21(28)30-4-2/h7-8,10,13,23H,3-6,9,11-12H2,1-2H3,(H,24,26). The molecule has 0 saturated carbocycles. The third kappa shape index (κ3) is 4.96. The number of amides is 1. The first-order valence-electron chi connectivity index (χ1n) is 10.1. The van der Waals surface area contributed by atoms with Gasteiger partial charge in [-0.15, -0.1) is 0 Å². The van der Waals surface area contributed by atoms with Gasteiger partial charge in [-0.05, 0) is 51.4 Å². The highest BCUT2D eigenvalue weighted by Crippen LogP contribution is 2.29. The van der Waals surface area contributed by atoms with E-state index in [0.29, 0.717) is 30.6 Å². The number of rotatable bonds is 7. The van der Waals surface area contributed by atoms with Gasteiger partial charge in [0.25, 0.3) is 0 Å². The van der Waals surface area contributed by atoms with Crippen molar-refractivity contribution in [1.82, 2.24) is 9.88 Å². The molecule has 1 aromatic carbocycles. The SMILES string of the molecule is CCOC(=O)c1[nH]c2ccc(F)cc2c1NC(=O)CN1CCCC(C(=O)OCC)C1. The molecular weight excluding hydrogens is 393 g/mol. The Labute approximate surface area is 173 Å². The summed E-state index contributed by atoms with van der Waals surface area (Å²) in [5, 5.41) is 3.10. The minimum atomic E-state index is -0.634. The third-order valence-corrected chi connectivity index (χ3v) is 5.00.